The van der Waals surface area contributed by atoms with Crippen LogP contribution in [0.4, 0.5) is 0 Å². The third-order valence-corrected chi connectivity index (χ3v) is 5.82. The molecular formula is C23H28N2O4. The summed E-state index contributed by atoms with van der Waals surface area (Å²) in [5.41, 5.74) is 5.28. The van der Waals surface area contributed by atoms with Crippen molar-refractivity contribution in [3.63, 3.8) is 0 Å². The zero-order chi connectivity index (χ0) is 20.5. The highest BCUT2D eigenvalue weighted by Crippen LogP contribution is 2.35. The number of carbonyl (C=O) groups excluding carboxylic acids is 2. The van der Waals surface area contributed by atoms with Crippen molar-refractivity contribution >= 4 is 11.7 Å². The van der Waals surface area contributed by atoms with E-state index in [-0.39, 0.29) is 11.7 Å². The number of rotatable bonds is 5. The largest absolute Gasteiger partial charge is 0.490 e. The fourth-order valence-electron chi connectivity index (χ4n) is 4.42. The van der Waals surface area contributed by atoms with Crippen LogP contribution in [-0.2, 0) is 19.4 Å². The molecule has 0 spiro atoms. The van der Waals surface area contributed by atoms with Gasteiger partial charge in [0.15, 0.2) is 17.3 Å². The smallest absolute Gasteiger partial charge is 0.270 e. The summed E-state index contributed by atoms with van der Waals surface area (Å²) in [6, 6.07) is 4.04. The molecule has 1 aromatic heterocycles. The Balaban J connectivity index is 1.61. The molecule has 29 heavy (non-hydrogen) atoms. The van der Waals surface area contributed by atoms with Gasteiger partial charge >= 0.3 is 0 Å². The van der Waals surface area contributed by atoms with Crippen LogP contribution in [0.25, 0.3) is 0 Å². The predicted molar refractivity (Wildman–Crippen MR) is 110 cm³/mol. The predicted octanol–water partition coefficient (Wildman–Crippen LogP) is 3.84. The number of hydrogen-bond acceptors (Lipinski definition) is 4. The first-order chi connectivity index (χ1) is 14.0. The van der Waals surface area contributed by atoms with Gasteiger partial charge in [0.05, 0.1) is 13.2 Å². The van der Waals surface area contributed by atoms with Gasteiger partial charge in [0.25, 0.3) is 5.91 Å². The molecular weight excluding hydrogens is 368 g/mol. The van der Waals surface area contributed by atoms with Crippen molar-refractivity contribution in [3.8, 4) is 11.5 Å². The second-order valence-electron chi connectivity index (χ2n) is 7.67. The third kappa shape index (κ3) is 3.52. The van der Waals surface area contributed by atoms with Crippen LogP contribution < -0.4 is 9.47 Å². The lowest BCUT2D eigenvalue weighted by Crippen LogP contribution is -2.36. The number of aromatic nitrogens is 1. The summed E-state index contributed by atoms with van der Waals surface area (Å²) in [6.07, 6.45) is 3.01. The summed E-state index contributed by atoms with van der Waals surface area (Å²) < 4.78 is 11.5. The van der Waals surface area contributed by atoms with Gasteiger partial charge in [-0.1, -0.05) is 0 Å². The fraction of sp³-hybridized carbons (Fsp3) is 0.478. The first-order valence-corrected chi connectivity index (χ1v) is 10.5. The van der Waals surface area contributed by atoms with Crippen LogP contribution in [0.3, 0.4) is 0 Å². The number of nitrogens with one attached hydrogen (secondary N) is 1. The zero-order valence-corrected chi connectivity index (χ0v) is 17.4. The number of aromatic amines is 1. The number of benzene rings is 1. The lowest BCUT2D eigenvalue weighted by Gasteiger charge is -2.29. The van der Waals surface area contributed by atoms with Crippen LogP contribution in [0.2, 0.25) is 0 Å². The Kier molecular flexibility index (Phi) is 5.35. The van der Waals surface area contributed by atoms with Gasteiger partial charge in [-0.3, -0.25) is 9.59 Å². The van der Waals surface area contributed by atoms with E-state index in [9.17, 15) is 9.59 Å². The van der Waals surface area contributed by atoms with Gasteiger partial charge in [0.2, 0.25) is 0 Å². The monoisotopic (exact) mass is 396 g/mol. The summed E-state index contributed by atoms with van der Waals surface area (Å²) in [4.78, 5) is 30.7. The number of aryl methyl sites for hydroxylation is 1. The molecule has 2 aromatic rings. The van der Waals surface area contributed by atoms with E-state index in [1.165, 1.54) is 5.56 Å². The minimum Gasteiger partial charge on any atom is -0.490 e. The Bertz CT molecular complexity index is 960. The number of nitrogens with zero attached hydrogens (tertiary/aromatic N) is 1. The van der Waals surface area contributed by atoms with Crippen LogP contribution in [0.5, 0.6) is 11.5 Å². The Morgan fingerprint density at radius 1 is 1.07 bits per heavy atom. The second-order valence-corrected chi connectivity index (χ2v) is 7.67. The zero-order valence-electron chi connectivity index (χ0n) is 17.4. The Hall–Kier alpha value is -2.76. The summed E-state index contributed by atoms with van der Waals surface area (Å²) in [6.45, 7) is 8.09. The number of fused-ring (bicyclic) bond motifs is 2. The standard InChI is InChI=1S/C23H28N2O4/c1-4-28-19-11-15-9-10-25(13-16(15)12-20(19)29-5-2)23(27)22-14(3)21-17(24-22)7-6-8-18(21)26/h11-12,24H,4-10,13H2,1-3H3. The molecule has 0 bridgehead atoms. The maximum Gasteiger partial charge on any atom is 0.270 e. The number of ether oxygens (including phenoxy) is 2. The van der Waals surface area contributed by atoms with Crippen molar-refractivity contribution < 1.29 is 19.1 Å². The van der Waals surface area contributed by atoms with Crippen molar-refractivity contribution in [1.29, 1.82) is 0 Å². The van der Waals surface area contributed by atoms with Crippen molar-refractivity contribution in [2.24, 2.45) is 0 Å². The van der Waals surface area contributed by atoms with Crippen LogP contribution >= 0.6 is 0 Å². The fourth-order valence-corrected chi connectivity index (χ4v) is 4.42. The van der Waals surface area contributed by atoms with E-state index in [0.717, 1.165) is 53.1 Å². The molecule has 4 rings (SSSR count). The molecule has 0 saturated carbocycles. The number of hydrogen-bond donors (Lipinski definition) is 1. The first kappa shape index (κ1) is 19.6. The molecule has 1 aliphatic heterocycles. The lowest BCUT2D eigenvalue weighted by atomic mass is 9.93. The number of H-pyrrole nitrogens is 1. The molecule has 1 aliphatic carbocycles. The van der Waals surface area contributed by atoms with Crippen molar-refractivity contribution in [2.75, 3.05) is 19.8 Å². The molecule has 1 aromatic carbocycles. The summed E-state index contributed by atoms with van der Waals surface area (Å²) in [5.74, 6) is 1.59. The summed E-state index contributed by atoms with van der Waals surface area (Å²) in [7, 11) is 0. The maximum absolute atomic E-state index is 13.3. The van der Waals surface area contributed by atoms with Crippen LogP contribution in [0.1, 0.15) is 69.9 Å². The number of carbonyl (C=O) groups is 2. The molecule has 0 atom stereocenters. The molecule has 2 aliphatic rings. The van der Waals surface area contributed by atoms with Gasteiger partial charge in [-0.05, 0) is 68.9 Å². The lowest BCUT2D eigenvalue weighted by molar-refractivity contribution is 0.0728. The van der Waals surface area contributed by atoms with E-state index in [1.807, 2.05) is 37.8 Å². The van der Waals surface area contributed by atoms with Crippen LogP contribution in [-0.4, -0.2) is 41.3 Å². The highest BCUT2D eigenvalue weighted by atomic mass is 16.5. The van der Waals surface area contributed by atoms with Crippen molar-refractivity contribution in [3.05, 3.63) is 45.8 Å². The molecule has 1 amide bonds. The molecule has 6 nitrogen and oxygen atoms in total. The van der Waals surface area contributed by atoms with E-state index < -0.39 is 0 Å². The van der Waals surface area contributed by atoms with Crippen LogP contribution in [0, 0.1) is 6.92 Å². The number of Topliss-reactive ketones (excluding diaryl/α,β-unsaturated/α-hetero) is 1. The average molecular weight is 396 g/mol. The van der Waals surface area contributed by atoms with E-state index in [0.29, 0.717) is 38.4 Å². The van der Waals surface area contributed by atoms with Crippen molar-refractivity contribution in [1.82, 2.24) is 9.88 Å². The molecule has 0 fully saturated rings. The summed E-state index contributed by atoms with van der Waals surface area (Å²) in [5, 5.41) is 0. The first-order valence-electron chi connectivity index (χ1n) is 10.5. The maximum atomic E-state index is 13.3. The molecule has 0 unspecified atom stereocenters. The van der Waals surface area contributed by atoms with E-state index in [2.05, 4.69) is 4.98 Å². The second kappa shape index (κ2) is 7.93. The van der Waals surface area contributed by atoms with Gasteiger partial charge < -0.3 is 19.4 Å². The molecule has 0 saturated heterocycles. The van der Waals surface area contributed by atoms with Gasteiger partial charge in [-0.15, -0.1) is 0 Å². The van der Waals surface area contributed by atoms with E-state index >= 15 is 0 Å². The van der Waals surface area contributed by atoms with E-state index in [1.54, 1.807) is 0 Å². The van der Waals surface area contributed by atoms with Gasteiger partial charge in [0, 0.05) is 30.8 Å². The van der Waals surface area contributed by atoms with Crippen LogP contribution in [0.15, 0.2) is 12.1 Å². The molecule has 0 radical (unpaired) electrons. The minimum atomic E-state index is -0.0396. The Labute approximate surface area is 171 Å². The Morgan fingerprint density at radius 3 is 2.41 bits per heavy atom. The van der Waals surface area contributed by atoms with Crippen molar-refractivity contribution in [2.45, 2.75) is 53.0 Å². The normalized spacial score (nSPS) is 15.7. The molecule has 6 heteroatoms. The highest BCUT2D eigenvalue weighted by Gasteiger charge is 2.30. The van der Waals surface area contributed by atoms with E-state index in [4.69, 9.17) is 9.47 Å². The SMILES string of the molecule is CCOc1cc2c(cc1OCC)CN(C(=O)c1[nH]c3c(c1C)C(=O)CCC3)CC2. The Morgan fingerprint density at radius 2 is 1.76 bits per heavy atom. The third-order valence-electron chi connectivity index (χ3n) is 5.82. The van der Waals surface area contributed by atoms with Gasteiger partial charge in [-0.25, -0.2) is 0 Å². The molecule has 1 N–H and O–H groups in total. The topological polar surface area (TPSA) is 71.6 Å². The highest BCUT2D eigenvalue weighted by molar-refractivity contribution is 6.04. The number of amides is 1. The van der Waals surface area contributed by atoms with Gasteiger partial charge in [0.1, 0.15) is 5.69 Å². The van der Waals surface area contributed by atoms with Gasteiger partial charge in [-0.2, -0.15) is 0 Å². The summed E-state index contributed by atoms with van der Waals surface area (Å²) >= 11 is 0. The molecule has 2 heterocycles. The number of ketones is 1. The quantitative estimate of drug-likeness (QED) is 0.834. The average Bonchev–Trinajstić information content (AvgIpc) is 3.05. The minimum absolute atomic E-state index is 0.0396. The molecule has 154 valence electrons.